The van der Waals surface area contributed by atoms with Crippen LogP contribution in [0.25, 0.3) is 0 Å². The van der Waals surface area contributed by atoms with E-state index in [1.165, 1.54) is 11.3 Å². The van der Waals surface area contributed by atoms with Gasteiger partial charge in [-0.1, -0.05) is 29.8 Å². The topological polar surface area (TPSA) is 26.3 Å². The third-order valence-corrected chi connectivity index (χ3v) is 3.80. The van der Waals surface area contributed by atoms with E-state index in [1.807, 2.05) is 29.6 Å². The van der Waals surface area contributed by atoms with Crippen LogP contribution >= 0.6 is 22.9 Å². The average Bonchev–Trinajstić information content (AvgIpc) is 2.76. The van der Waals surface area contributed by atoms with Gasteiger partial charge in [-0.25, -0.2) is 0 Å². The molecule has 88 valence electrons. The number of hydrogen-bond donors (Lipinski definition) is 0. The van der Waals surface area contributed by atoms with Crippen LogP contribution in [0.4, 0.5) is 0 Å². The summed E-state index contributed by atoms with van der Waals surface area (Å²) >= 11 is 7.30. The molecule has 2 rings (SSSR count). The van der Waals surface area contributed by atoms with Gasteiger partial charge in [0.25, 0.3) is 0 Å². The first-order valence-electron chi connectivity index (χ1n) is 5.10. The number of para-hydroxylation sites is 1. The van der Waals surface area contributed by atoms with Crippen LogP contribution in [0.1, 0.15) is 15.2 Å². The summed E-state index contributed by atoms with van der Waals surface area (Å²) < 4.78 is 5.21. The number of methoxy groups -OCH3 is 1. The Labute approximate surface area is 109 Å². The van der Waals surface area contributed by atoms with Gasteiger partial charge in [0, 0.05) is 12.0 Å². The molecule has 1 aromatic carbocycles. The molecule has 2 nitrogen and oxygen atoms in total. The molecular formula is C13H11ClO2S. The number of ketones is 1. The molecule has 0 fully saturated rings. The molecule has 0 aliphatic carbocycles. The van der Waals surface area contributed by atoms with Gasteiger partial charge < -0.3 is 4.74 Å². The van der Waals surface area contributed by atoms with Crippen LogP contribution in [-0.2, 0) is 6.42 Å². The normalized spacial score (nSPS) is 10.2. The summed E-state index contributed by atoms with van der Waals surface area (Å²) in [6.45, 7) is 0. The second-order valence-corrected chi connectivity index (χ2v) is 4.83. The molecule has 0 aliphatic rings. The maximum Gasteiger partial charge on any atom is 0.178 e. The number of rotatable bonds is 4. The number of benzene rings is 1. The van der Waals surface area contributed by atoms with Gasteiger partial charge in [0.05, 0.1) is 17.0 Å². The lowest BCUT2D eigenvalue weighted by Gasteiger charge is -2.06. The number of carbonyl (C=O) groups is 1. The molecule has 0 spiro atoms. The fraction of sp³-hybridized carbons (Fsp3) is 0.154. The number of ether oxygens (including phenoxy) is 1. The molecule has 0 amide bonds. The lowest BCUT2D eigenvalue weighted by Crippen LogP contribution is -2.03. The Kier molecular flexibility index (Phi) is 3.82. The van der Waals surface area contributed by atoms with Gasteiger partial charge in [-0.05, 0) is 17.5 Å². The molecule has 0 saturated carbocycles. The van der Waals surface area contributed by atoms with E-state index in [0.29, 0.717) is 16.3 Å². The highest BCUT2D eigenvalue weighted by Crippen LogP contribution is 2.25. The van der Waals surface area contributed by atoms with Crippen LogP contribution in [0.2, 0.25) is 5.02 Å². The standard InChI is InChI=1S/C13H11ClO2S/c1-16-12-5-3-2-4-9(12)8-11(15)13-10(14)6-7-17-13/h2-7H,8H2,1H3. The van der Waals surface area contributed by atoms with Gasteiger partial charge in [-0.15, -0.1) is 11.3 Å². The first kappa shape index (κ1) is 12.1. The number of carbonyl (C=O) groups excluding carboxylic acids is 1. The second-order valence-electron chi connectivity index (χ2n) is 3.51. The van der Waals surface area contributed by atoms with Crippen LogP contribution in [0.15, 0.2) is 35.7 Å². The Morgan fingerprint density at radius 3 is 2.76 bits per heavy atom. The van der Waals surface area contributed by atoms with Crippen molar-refractivity contribution < 1.29 is 9.53 Å². The zero-order valence-electron chi connectivity index (χ0n) is 9.27. The minimum atomic E-state index is 0.0227. The molecule has 0 aliphatic heterocycles. The summed E-state index contributed by atoms with van der Waals surface area (Å²) in [5.41, 5.74) is 0.879. The SMILES string of the molecule is COc1ccccc1CC(=O)c1sccc1Cl. The monoisotopic (exact) mass is 266 g/mol. The fourth-order valence-corrected chi connectivity index (χ4v) is 2.70. The van der Waals surface area contributed by atoms with Crippen molar-refractivity contribution in [2.24, 2.45) is 0 Å². The van der Waals surface area contributed by atoms with Crippen molar-refractivity contribution in [2.45, 2.75) is 6.42 Å². The van der Waals surface area contributed by atoms with Crippen LogP contribution in [0.5, 0.6) is 5.75 Å². The van der Waals surface area contributed by atoms with Crippen molar-refractivity contribution in [1.82, 2.24) is 0 Å². The maximum atomic E-state index is 12.0. The Balaban J connectivity index is 2.22. The predicted octanol–water partition coefficient (Wildman–Crippen LogP) is 3.84. The zero-order chi connectivity index (χ0) is 12.3. The number of Topliss-reactive ketones (excluding diaryl/α,β-unsaturated/α-hetero) is 1. The smallest absolute Gasteiger partial charge is 0.178 e. The quantitative estimate of drug-likeness (QED) is 0.786. The summed E-state index contributed by atoms with van der Waals surface area (Å²) in [5.74, 6) is 0.753. The minimum absolute atomic E-state index is 0.0227. The van der Waals surface area contributed by atoms with E-state index in [0.717, 1.165) is 11.3 Å². The summed E-state index contributed by atoms with van der Waals surface area (Å²) in [6, 6.07) is 9.24. The molecule has 0 unspecified atom stereocenters. The van der Waals surface area contributed by atoms with Crippen LogP contribution < -0.4 is 4.74 Å². The van der Waals surface area contributed by atoms with Gasteiger partial charge >= 0.3 is 0 Å². The third-order valence-electron chi connectivity index (χ3n) is 2.41. The Bertz CT molecular complexity index is 534. The van der Waals surface area contributed by atoms with Gasteiger partial charge in [-0.2, -0.15) is 0 Å². The van der Waals surface area contributed by atoms with Gasteiger partial charge in [-0.3, -0.25) is 4.79 Å². The van der Waals surface area contributed by atoms with Crippen molar-refractivity contribution in [3.8, 4) is 5.75 Å². The largest absolute Gasteiger partial charge is 0.496 e. The maximum absolute atomic E-state index is 12.0. The molecule has 1 heterocycles. The van der Waals surface area contributed by atoms with Crippen LogP contribution in [0.3, 0.4) is 0 Å². The highest BCUT2D eigenvalue weighted by atomic mass is 35.5. The molecule has 1 aromatic heterocycles. The molecule has 0 atom stereocenters. The molecular weight excluding hydrogens is 256 g/mol. The molecule has 17 heavy (non-hydrogen) atoms. The minimum Gasteiger partial charge on any atom is -0.496 e. The van der Waals surface area contributed by atoms with E-state index < -0.39 is 0 Å². The molecule has 2 aromatic rings. The van der Waals surface area contributed by atoms with E-state index in [4.69, 9.17) is 16.3 Å². The summed E-state index contributed by atoms with van der Waals surface area (Å²) in [7, 11) is 1.60. The van der Waals surface area contributed by atoms with E-state index in [-0.39, 0.29) is 5.78 Å². The van der Waals surface area contributed by atoms with Gasteiger partial charge in [0.15, 0.2) is 5.78 Å². The van der Waals surface area contributed by atoms with Crippen molar-refractivity contribution in [1.29, 1.82) is 0 Å². The van der Waals surface area contributed by atoms with Crippen molar-refractivity contribution in [3.63, 3.8) is 0 Å². The highest BCUT2D eigenvalue weighted by molar-refractivity contribution is 7.12. The van der Waals surface area contributed by atoms with Crippen LogP contribution in [0, 0.1) is 0 Å². The number of hydrogen-bond acceptors (Lipinski definition) is 3. The summed E-state index contributed by atoms with van der Waals surface area (Å²) in [4.78, 5) is 12.6. The average molecular weight is 267 g/mol. The van der Waals surface area contributed by atoms with Crippen molar-refractivity contribution in [3.05, 3.63) is 51.2 Å². The molecule has 0 saturated heterocycles. The number of thiophene rings is 1. The zero-order valence-corrected chi connectivity index (χ0v) is 10.8. The predicted molar refractivity (Wildman–Crippen MR) is 70.4 cm³/mol. The molecule has 0 N–H and O–H groups in total. The first-order chi connectivity index (χ1) is 8.22. The van der Waals surface area contributed by atoms with E-state index >= 15 is 0 Å². The lowest BCUT2D eigenvalue weighted by molar-refractivity contribution is 0.0996. The Morgan fingerprint density at radius 1 is 1.35 bits per heavy atom. The molecule has 0 bridgehead atoms. The Morgan fingerprint density at radius 2 is 2.12 bits per heavy atom. The second kappa shape index (κ2) is 5.34. The number of halogens is 1. The molecule has 0 radical (unpaired) electrons. The fourth-order valence-electron chi connectivity index (χ4n) is 1.59. The first-order valence-corrected chi connectivity index (χ1v) is 6.36. The van der Waals surface area contributed by atoms with Gasteiger partial charge in [0.1, 0.15) is 5.75 Å². The van der Waals surface area contributed by atoms with E-state index in [9.17, 15) is 4.79 Å². The van der Waals surface area contributed by atoms with E-state index in [1.54, 1.807) is 13.2 Å². The summed E-state index contributed by atoms with van der Waals surface area (Å²) in [6.07, 6.45) is 0.310. The van der Waals surface area contributed by atoms with Gasteiger partial charge in [0.2, 0.25) is 0 Å². The summed E-state index contributed by atoms with van der Waals surface area (Å²) in [5, 5.41) is 2.34. The van der Waals surface area contributed by atoms with Crippen molar-refractivity contribution >= 4 is 28.7 Å². The lowest BCUT2D eigenvalue weighted by atomic mass is 10.1. The molecule has 4 heteroatoms. The Hall–Kier alpha value is -1.32. The van der Waals surface area contributed by atoms with E-state index in [2.05, 4.69) is 0 Å². The van der Waals surface area contributed by atoms with Crippen molar-refractivity contribution in [2.75, 3.05) is 7.11 Å². The third kappa shape index (κ3) is 2.68. The van der Waals surface area contributed by atoms with Crippen LogP contribution in [-0.4, -0.2) is 12.9 Å². The highest BCUT2D eigenvalue weighted by Gasteiger charge is 2.14.